The van der Waals surface area contributed by atoms with Gasteiger partial charge in [0.25, 0.3) is 0 Å². The SMILES string of the molecule is COc1cc(/C=N/NC(=O)c2ccc(COc3ccc(-n4c(C)ccc4C)cc3)o2)c(Br)c(Cl)c1OC. The van der Waals surface area contributed by atoms with Gasteiger partial charge in [-0.1, -0.05) is 11.6 Å². The van der Waals surface area contributed by atoms with E-state index in [1.807, 2.05) is 24.3 Å². The monoisotopic (exact) mass is 585 g/mol. The molecule has 0 spiro atoms. The van der Waals surface area contributed by atoms with E-state index >= 15 is 0 Å². The van der Waals surface area contributed by atoms with Crippen LogP contribution in [0.1, 0.15) is 33.3 Å². The summed E-state index contributed by atoms with van der Waals surface area (Å²) in [5.74, 6) is 1.62. The van der Waals surface area contributed by atoms with Crippen molar-refractivity contribution in [3.05, 3.63) is 92.6 Å². The predicted molar refractivity (Wildman–Crippen MR) is 146 cm³/mol. The van der Waals surface area contributed by atoms with Crippen molar-refractivity contribution in [2.45, 2.75) is 20.5 Å². The first kappa shape index (κ1) is 26.4. The zero-order valence-electron chi connectivity index (χ0n) is 20.7. The van der Waals surface area contributed by atoms with Gasteiger partial charge >= 0.3 is 5.91 Å². The molecule has 2 aromatic carbocycles. The Balaban J connectivity index is 1.35. The van der Waals surface area contributed by atoms with Crippen LogP contribution >= 0.6 is 27.5 Å². The maximum absolute atomic E-state index is 12.5. The van der Waals surface area contributed by atoms with Crippen molar-refractivity contribution in [1.82, 2.24) is 9.99 Å². The second-order valence-corrected chi connectivity index (χ2v) is 9.20. The standard InChI is InChI=1S/C27H25BrClN3O5/c1-16-5-6-17(2)32(16)19-7-9-20(10-8-19)36-15-21-11-12-22(37-21)27(33)31-30-14-18-13-23(34-3)26(35-4)25(29)24(18)28/h5-14H,15H2,1-4H3,(H,31,33)/b30-14+. The Bertz CT molecular complexity index is 1420. The van der Waals surface area contributed by atoms with E-state index in [9.17, 15) is 4.79 Å². The third-order valence-corrected chi connectivity index (χ3v) is 7.03. The van der Waals surface area contributed by atoms with Crippen LogP contribution in [0.15, 0.2) is 68.6 Å². The van der Waals surface area contributed by atoms with Crippen LogP contribution in [0.5, 0.6) is 17.2 Å². The molecule has 4 rings (SSSR count). The summed E-state index contributed by atoms with van der Waals surface area (Å²) >= 11 is 9.71. The van der Waals surface area contributed by atoms with Crippen LogP contribution in [0.4, 0.5) is 0 Å². The number of hydrogen-bond donors (Lipinski definition) is 1. The molecule has 192 valence electrons. The number of halogens is 2. The molecule has 0 saturated heterocycles. The lowest BCUT2D eigenvalue weighted by atomic mass is 10.2. The number of ether oxygens (including phenoxy) is 3. The second-order valence-electron chi connectivity index (χ2n) is 8.03. The summed E-state index contributed by atoms with van der Waals surface area (Å²) < 4.78 is 24.7. The minimum Gasteiger partial charge on any atom is -0.493 e. The first-order chi connectivity index (χ1) is 17.8. The minimum atomic E-state index is -0.507. The molecule has 0 radical (unpaired) electrons. The van der Waals surface area contributed by atoms with Gasteiger partial charge in [0.05, 0.1) is 20.4 Å². The highest BCUT2D eigenvalue weighted by Crippen LogP contribution is 2.41. The summed E-state index contributed by atoms with van der Waals surface area (Å²) in [7, 11) is 3.00. The zero-order chi connectivity index (χ0) is 26.5. The van der Waals surface area contributed by atoms with Crippen LogP contribution in [-0.4, -0.2) is 30.9 Å². The number of carbonyl (C=O) groups is 1. The molecule has 37 heavy (non-hydrogen) atoms. The fourth-order valence-corrected chi connectivity index (χ4v) is 4.43. The fourth-order valence-electron chi connectivity index (χ4n) is 3.76. The van der Waals surface area contributed by atoms with E-state index in [-0.39, 0.29) is 12.4 Å². The largest absolute Gasteiger partial charge is 0.493 e. The Kier molecular flexibility index (Phi) is 8.25. The number of nitrogens with zero attached hydrogens (tertiary/aromatic N) is 2. The third-order valence-electron chi connectivity index (χ3n) is 5.58. The lowest BCUT2D eigenvalue weighted by Crippen LogP contribution is -2.16. The molecule has 0 aliphatic heterocycles. The van der Waals surface area contributed by atoms with E-state index in [4.69, 9.17) is 30.2 Å². The Morgan fingerprint density at radius 1 is 1.08 bits per heavy atom. The van der Waals surface area contributed by atoms with Crippen LogP contribution in [0.2, 0.25) is 5.02 Å². The molecular weight excluding hydrogens is 562 g/mol. The van der Waals surface area contributed by atoms with Gasteiger partial charge in [-0.3, -0.25) is 4.79 Å². The molecule has 1 amide bonds. The van der Waals surface area contributed by atoms with E-state index in [1.54, 1.807) is 18.2 Å². The van der Waals surface area contributed by atoms with E-state index in [0.717, 1.165) is 17.1 Å². The number of aryl methyl sites for hydroxylation is 2. The smallest absolute Gasteiger partial charge is 0.307 e. The first-order valence-electron chi connectivity index (χ1n) is 11.2. The van der Waals surface area contributed by atoms with Crippen molar-refractivity contribution in [1.29, 1.82) is 0 Å². The highest BCUT2D eigenvalue weighted by molar-refractivity contribution is 9.10. The van der Waals surface area contributed by atoms with Crippen molar-refractivity contribution in [2.24, 2.45) is 5.10 Å². The van der Waals surface area contributed by atoms with Gasteiger partial charge in [-0.25, -0.2) is 5.43 Å². The summed E-state index contributed by atoms with van der Waals surface area (Å²) in [6.07, 6.45) is 1.43. The van der Waals surface area contributed by atoms with Crippen LogP contribution in [0.25, 0.3) is 5.69 Å². The number of methoxy groups -OCH3 is 2. The van der Waals surface area contributed by atoms with Crippen molar-refractivity contribution >= 4 is 39.7 Å². The number of aromatic nitrogens is 1. The Hall–Kier alpha value is -3.69. The molecule has 0 bridgehead atoms. The van der Waals surface area contributed by atoms with Crippen molar-refractivity contribution in [2.75, 3.05) is 14.2 Å². The van der Waals surface area contributed by atoms with Crippen LogP contribution in [0.3, 0.4) is 0 Å². The van der Waals surface area contributed by atoms with Crippen molar-refractivity contribution in [3.8, 4) is 22.9 Å². The number of carbonyl (C=O) groups excluding carboxylic acids is 1. The number of amides is 1. The van der Waals surface area contributed by atoms with Crippen molar-refractivity contribution in [3.63, 3.8) is 0 Å². The summed E-state index contributed by atoms with van der Waals surface area (Å²) in [6.45, 7) is 4.31. The van der Waals surface area contributed by atoms with Gasteiger partial charge in [-0.2, -0.15) is 5.10 Å². The lowest BCUT2D eigenvalue weighted by Gasteiger charge is -2.12. The average molecular weight is 587 g/mol. The molecule has 2 aromatic heterocycles. The Morgan fingerprint density at radius 2 is 1.78 bits per heavy atom. The molecule has 1 N–H and O–H groups in total. The summed E-state index contributed by atoms with van der Waals surface area (Å²) in [6, 6.07) is 16.9. The normalized spacial score (nSPS) is 11.1. The van der Waals surface area contributed by atoms with E-state index in [0.29, 0.717) is 38.1 Å². The molecule has 4 aromatic rings. The number of hydrazone groups is 1. The fraction of sp³-hybridized carbons (Fsp3) is 0.185. The highest BCUT2D eigenvalue weighted by Gasteiger charge is 2.16. The summed E-state index contributed by atoms with van der Waals surface area (Å²) in [4.78, 5) is 12.5. The first-order valence-corrected chi connectivity index (χ1v) is 12.4. The Morgan fingerprint density at radius 3 is 2.43 bits per heavy atom. The molecule has 0 aliphatic carbocycles. The highest BCUT2D eigenvalue weighted by atomic mass is 79.9. The topological polar surface area (TPSA) is 87.2 Å². The lowest BCUT2D eigenvalue weighted by molar-refractivity contribution is 0.0923. The quantitative estimate of drug-likeness (QED) is 0.180. The van der Waals surface area contributed by atoms with Gasteiger partial charge < -0.3 is 23.2 Å². The van der Waals surface area contributed by atoms with Gasteiger partial charge in [0.2, 0.25) is 0 Å². The minimum absolute atomic E-state index is 0.106. The third kappa shape index (κ3) is 5.84. The summed E-state index contributed by atoms with van der Waals surface area (Å²) in [5, 5.41) is 4.32. The van der Waals surface area contributed by atoms with Gasteiger partial charge in [0, 0.05) is 27.1 Å². The van der Waals surface area contributed by atoms with Crippen LogP contribution in [0, 0.1) is 13.8 Å². The average Bonchev–Trinajstić information content (AvgIpc) is 3.51. The molecule has 10 heteroatoms. The second kappa shape index (κ2) is 11.6. The molecular formula is C27H25BrClN3O5. The Labute approximate surface area is 227 Å². The molecule has 2 heterocycles. The zero-order valence-corrected chi connectivity index (χ0v) is 23.0. The van der Waals surface area contributed by atoms with E-state index in [1.165, 1.54) is 20.4 Å². The number of hydrogen-bond acceptors (Lipinski definition) is 6. The van der Waals surface area contributed by atoms with Crippen molar-refractivity contribution < 1.29 is 23.4 Å². The maximum Gasteiger partial charge on any atom is 0.307 e. The van der Waals surface area contributed by atoms with E-state index < -0.39 is 5.91 Å². The number of nitrogens with one attached hydrogen (secondary N) is 1. The maximum atomic E-state index is 12.5. The molecule has 0 atom stereocenters. The number of rotatable bonds is 9. The number of furan rings is 1. The molecule has 8 nitrogen and oxygen atoms in total. The molecule has 0 aliphatic rings. The van der Waals surface area contributed by atoms with Crippen LogP contribution < -0.4 is 19.6 Å². The van der Waals surface area contributed by atoms with Gasteiger partial charge in [0.15, 0.2) is 17.3 Å². The van der Waals surface area contributed by atoms with E-state index in [2.05, 4.69) is 57.0 Å². The molecule has 0 fully saturated rings. The molecule has 0 saturated carbocycles. The van der Waals surface area contributed by atoms with Gasteiger partial charge in [-0.05, 0) is 84.4 Å². The summed E-state index contributed by atoms with van der Waals surface area (Å²) in [5.41, 5.74) is 6.41. The van der Waals surface area contributed by atoms with Gasteiger partial charge in [-0.15, -0.1) is 0 Å². The van der Waals surface area contributed by atoms with Crippen LogP contribution in [-0.2, 0) is 6.61 Å². The molecule has 0 unspecified atom stereocenters. The predicted octanol–water partition coefficient (Wildman–Crippen LogP) is 6.46. The number of benzene rings is 2. The van der Waals surface area contributed by atoms with Gasteiger partial charge in [0.1, 0.15) is 23.1 Å².